The number of aromatic nitrogens is 4. The van der Waals surface area contributed by atoms with E-state index in [9.17, 15) is 0 Å². The lowest BCUT2D eigenvalue weighted by atomic mass is 10.1. The maximum Gasteiger partial charge on any atom is 0.460 e. The predicted octanol–water partition coefficient (Wildman–Crippen LogP) is 6.63. The minimum absolute atomic E-state index is 0.292. The van der Waals surface area contributed by atoms with Crippen LogP contribution in [0.15, 0.2) is 75.6 Å². The first-order valence-electron chi connectivity index (χ1n) is 11.4. The fourth-order valence-electron chi connectivity index (χ4n) is 3.76. The molecule has 0 fully saturated rings. The second kappa shape index (κ2) is 9.92. The molecule has 0 aliphatic carbocycles. The highest BCUT2D eigenvalue weighted by Crippen LogP contribution is 2.22. The summed E-state index contributed by atoms with van der Waals surface area (Å²) in [4.78, 5) is 8.96. The van der Waals surface area contributed by atoms with Gasteiger partial charge in [0.25, 0.3) is 5.88 Å². The second-order valence-corrected chi connectivity index (χ2v) is 9.10. The van der Waals surface area contributed by atoms with Gasteiger partial charge in [0, 0.05) is 23.6 Å². The summed E-state index contributed by atoms with van der Waals surface area (Å²) in [5, 5.41) is 6.16. The Labute approximate surface area is 210 Å². The Morgan fingerprint density at radius 2 is 1.54 bits per heavy atom. The normalized spacial score (nSPS) is 11.3. The highest BCUT2D eigenvalue weighted by Gasteiger charge is 2.20. The van der Waals surface area contributed by atoms with Crippen molar-refractivity contribution in [3.05, 3.63) is 89.8 Å². The Balaban J connectivity index is 0.000000192. The molecule has 4 heterocycles. The van der Waals surface area contributed by atoms with Crippen LogP contribution in [-0.2, 0) is 11.9 Å². The van der Waals surface area contributed by atoms with Gasteiger partial charge >= 0.3 is 5.78 Å². The molecule has 1 N–H and O–H groups in total. The molecule has 0 bridgehead atoms. The summed E-state index contributed by atoms with van der Waals surface area (Å²) in [5.41, 5.74) is 2.77. The van der Waals surface area contributed by atoms with E-state index in [2.05, 4.69) is 44.8 Å². The van der Waals surface area contributed by atoms with Crippen molar-refractivity contribution >= 4 is 43.6 Å². The summed E-state index contributed by atoms with van der Waals surface area (Å²) in [6.45, 7) is 6.44. The zero-order valence-corrected chi connectivity index (χ0v) is 21.4. The van der Waals surface area contributed by atoms with E-state index in [1.54, 1.807) is 4.52 Å². The van der Waals surface area contributed by atoms with Gasteiger partial charge in [-0.15, -0.1) is 0 Å². The van der Waals surface area contributed by atoms with Gasteiger partial charge in [-0.2, -0.15) is 0 Å². The molecule has 0 saturated carbocycles. The molecule has 4 aromatic heterocycles. The quantitative estimate of drug-likeness (QED) is 0.198. The number of para-hydroxylation sites is 2. The van der Waals surface area contributed by atoms with E-state index >= 15 is 0 Å². The van der Waals surface area contributed by atoms with E-state index in [0.717, 1.165) is 44.9 Å². The minimum atomic E-state index is 0.292. The van der Waals surface area contributed by atoms with Crippen molar-refractivity contribution in [1.29, 1.82) is 0 Å². The third kappa shape index (κ3) is 5.07. The third-order valence-corrected chi connectivity index (χ3v) is 6.05. The maximum absolute atomic E-state index is 6.00. The van der Waals surface area contributed by atoms with Gasteiger partial charge in [0.1, 0.15) is 35.0 Å². The Kier molecular flexibility index (Phi) is 6.55. The molecular formula is C27H26BrN4O3+. The number of hydrogen-bond donors (Lipinski definition) is 1. The fraction of sp³-hybridized carbons (Fsp3) is 0.222. The zero-order valence-electron chi connectivity index (χ0n) is 19.8. The van der Waals surface area contributed by atoms with Gasteiger partial charge in [0.2, 0.25) is 5.82 Å². The SMILES string of the molecule is BrCc1cc2ccccc2o1.Cc1nc2nc(C(C)C)cc(OCc3cc4ccccc4o3)[n+]2[nH]1. The van der Waals surface area contributed by atoms with Crippen LogP contribution in [0.5, 0.6) is 5.88 Å². The molecule has 6 rings (SSSR count). The summed E-state index contributed by atoms with van der Waals surface area (Å²) in [6.07, 6.45) is 0. The van der Waals surface area contributed by atoms with Crippen LogP contribution in [0.4, 0.5) is 0 Å². The van der Waals surface area contributed by atoms with Crippen molar-refractivity contribution in [2.24, 2.45) is 0 Å². The Bertz CT molecular complexity index is 1530. The average molecular weight is 534 g/mol. The number of rotatable bonds is 5. The lowest BCUT2D eigenvalue weighted by Crippen LogP contribution is -2.28. The number of aromatic amines is 1. The van der Waals surface area contributed by atoms with E-state index in [4.69, 9.17) is 13.6 Å². The van der Waals surface area contributed by atoms with Crippen molar-refractivity contribution in [2.75, 3.05) is 0 Å². The topological polar surface area (TPSA) is 81.2 Å². The molecule has 0 radical (unpaired) electrons. The molecule has 7 nitrogen and oxygen atoms in total. The smallest absolute Gasteiger partial charge is 0.460 e. The van der Waals surface area contributed by atoms with Crippen LogP contribution in [-0.4, -0.2) is 15.1 Å². The molecule has 35 heavy (non-hydrogen) atoms. The standard InChI is InChI=1S/C18H18N4O2.C9H7BrO/c1-11(2)15-9-17(22-18(20-15)19-12(3)21-22)23-10-14-8-13-6-4-5-7-16(13)24-14;10-6-8-5-7-3-1-2-4-9(7)11-8/h4-9,11H,10H2,1-3H3;1-5H,6H2/p+1. The largest absolute Gasteiger partial charge is 0.460 e. The second-order valence-electron chi connectivity index (χ2n) is 8.54. The van der Waals surface area contributed by atoms with Crippen LogP contribution < -0.4 is 9.25 Å². The number of alkyl halides is 1. The van der Waals surface area contributed by atoms with Crippen LogP contribution in [0.1, 0.15) is 42.8 Å². The Hall–Kier alpha value is -3.65. The molecule has 0 spiro atoms. The molecule has 0 unspecified atom stereocenters. The molecule has 0 aliphatic heterocycles. The number of H-pyrrole nitrogens is 1. The number of nitrogens with zero attached hydrogens (tertiary/aromatic N) is 3. The van der Waals surface area contributed by atoms with E-state index in [1.807, 2.05) is 73.7 Å². The third-order valence-electron chi connectivity index (χ3n) is 5.50. The van der Waals surface area contributed by atoms with Gasteiger partial charge < -0.3 is 13.6 Å². The van der Waals surface area contributed by atoms with Crippen LogP contribution in [0.2, 0.25) is 0 Å². The molecule has 0 saturated heterocycles. The molecule has 178 valence electrons. The Morgan fingerprint density at radius 1 is 0.914 bits per heavy atom. The van der Waals surface area contributed by atoms with Crippen LogP contribution >= 0.6 is 15.9 Å². The van der Waals surface area contributed by atoms with E-state index in [-0.39, 0.29) is 0 Å². The van der Waals surface area contributed by atoms with Gasteiger partial charge in [0.05, 0.1) is 11.4 Å². The molecule has 0 amide bonds. The van der Waals surface area contributed by atoms with Gasteiger partial charge in [-0.25, -0.2) is 5.10 Å². The highest BCUT2D eigenvalue weighted by atomic mass is 79.9. The number of aryl methyl sites for hydroxylation is 1. The summed E-state index contributed by atoms with van der Waals surface area (Å²) in [5.74, 6) is 4.12. The monoisotopic (exact) mass is 533 g/mol. The lowest BCUT2D eigenvalue weighted by Gasteiger charge is -2.05. The predicted molar refractivity (Wildman–Crippen MR) is 138 cm³/mol. The molecule has 0 aliphatic rings. The number of ether oxygens (including phenoxy) is 1. The number of benzene rings is 2. The first kappa shape index (κ1) is 23.1. The fourth-order valence-corrected chi connectivity index (χ4v) is 4.04. The van der Waals surface area contributed by atoms with Gasteiger partial charge in [-0.05, 0) is 24.3 Å². The number of nitrogens with one attached hydrogen (secondary N) is 1. The van der Waals surface area contributed by atoms with Crippen LogP contribution in [0.3, 0.4) is 0 Å². The number of fused-ring (bicyclic) bond motifs is 3. The first-order valence-corrected chi connectivity index (χ1v) is 12.6. The maximum atomic E-state index is 6.00. The summed E-state index contributed by atoms with van der Waals surface area (Å²) >= 11 is 3.34. The van der Waals surface area contributed by atoms with Crippen LogP contribution in [0, 0.1) is 6.92 Å². The summed E-state index contributed by atoms with van der Waals surface area (Å²) in [7, 11) is 0. The highest BCUT2D eigenvalue weighted by molar-refractivity contribution is 9.08. The van der Waals surface area contributed by atoms with Gasteiger partial charge in [-0.1, -0.05) is 80.7 Å². The summed E-state index contributed by atoms with van der Waals surface area (Å²) < 4.78 is 19.0. The molecule has 6 aromatic rings. The lowest BCUT2D eigenvalue weighted by molar-refractivity contribution is -0.588. The van der Waals surface area contributed by atoms with E-state index < -0.39 is 0 Å². The van der Waals surface area contributed by atoms with Crippen molar-refractivity contribution < 1.29 is 18.1 Å². The first-order chi connectivity index (χ1) is 17.0. The van der Waals surface area contributed by atoms with Crippen molar-refractivity contribution in [3.8, 4) is 5.88 Å². The van der Waals surface area contributed by atoms with Crippen LogP contribution in [0.25, 0.3) is 27.7 Å². The van der Waals surface area contributed by atoms with E-state index in [1.165, 1.54) is 5.39 Å². The molecule has 2 aromatic carbocycles. The Morgan fingerprint density at radius 3 is 2.17 bits per heavy atom. The number of furan rings is 2. The van der Waals surface area contributed by atoms with Crippen molar-refractivity contribution in [1.82, 2.24) is 15.1 Å². The van der Waals surface area contributed by atoms with E-state index in [0.29, 0.717) is 24.2 Å². The van der Waals surface area contributed by atoms with Gasteiger partial charge in [0.15, 0.2) is 0 Å². The number of hydrogen-bond acceptors (Lipinski definition) is 5. The van der Waals surface area contributed by atoms with Crippen molar-refractivity contribution in [3.63, 3.8) is 0 Å². The average Bonchev–Trinajstić information content (AvgIpc) is 3.57. The molecule has 8 heteroatoms. The number of halogens is 1. The van der Waals surface area contributed by atoms with Gasteiger partial charge in [-0.3, -0.25) is 0 Å². The molecular weight excluding hydrogens is 508 g/mol. The van der Waals surface area contributed by atoms with Crippen molar-refractivity contribution in [2.45, 2.75) is 38.6 Å². The zero-order chi connectivity index (χ0) is 24.4. The summed E-state index contributed by atoms with van der Waals surface area (Å²) in [6, 6.07) is 21.9. The molecule has 0 atom stereocenters. The minimum Gasteiger partial charge on any atom is -0.460 e.